The fraction of sp³-hybridized carbons (Fsp3) is 0.833. The number of amides is 2. The molecule has 0 aromatic heterocycles. The zero-order chi connectivity index (χ0) is 18.3. The van der Waals surface area contributed by atoms with E-state index in [-0.39, 0.29) is 30.1 Å². The predicted molar refractivity (Wildman–Crippen MR) is 92.3 cm³/mol. The summed E-state index contributed by atoms with van der Waals surface area (Å²) in [6, 6.07) is 0. The van der Waals surface area contributed by atoms with Gasteiger partial charge in [0.25, 0.3) is 0 Å². The first-order valence-electron chi connectivity index (χ1n) is 8.88. The Labute approximate surface area is 145 Å². The first kappa shape index (κ1) is 20.5. The average molecular weight is 340 g/mol. The highest BCUT2D eigenvalue weighted by atomic mass is 16.6. The van der Waals surface area contributed by atoms with Crippen molar-refractivity contribution in [2.24, 2.45) is 5.92 Å². The van der Waals surface area contributed by atoms with E-state index >= 15 is 0 Å². The summed E-state index contributed by atoms with van der Waals surface area (Å²) in [6.45, 7) is 9.03. The summed E-state index contributed by atoms with van der Waals surface area (Å²) in [4.78, 5) is 39.7. The maximum Gasteiger partial charge on any atom is 0.308 e. The third-order valence-corrected chi connectivity index (χ3v) is 4.03. The van der Waals surface area contributed by atoms with Crippen LogP contribution in [0.1, 0.15) is 59.8 Å². The van der Waals surface area contributed by atoms with E-state index in [9.17, 15) is 14.4 Å². The van der Waals surface area contributed by atoms with E-state index in [1.165, 1.54) is 0 Å². The van der Waals surface area contributed by atoms with Crippen LogP contribution >= 0.6 is 0 Å². The van der Waals surface area contributed by atoms with Crippen molar-refractivity contribution in [3.05, 3.63) is 0 Å². The van der Waals surface area contributed by atoms with Crippen molar-refractivity contribution in [2.75, 3.05) is 26.7 Å². The molecule has 0 unspecified atom stereocenters. The molecule has 1 aliphatic heterocycles. The molecule has 2 amide bonds. The van der Waals surface area contributed by atoms with E-state index in [2.05, 4.69) is 0 Å². The van der Waals surface area contributed by atoms with Crippen LogP contribution < -0.4 is 0 Å². The molecule has 0 radical (unpaired) electrons. The van der Waals surface area contributed by atoms with E-state index in [0.717, 1.165) is 25.8 Å². The molecule has 6 nitrogen and oxygen atoms in total. The Morgan fingerprint density at radius 2 is 1.88 bits per heavy atom. The van der Waals surface area contributed by atoms with E-state index in [1.54, 1.807) is 16.8 Å². The molecular weight excluding hydrogens is 308 g/mol. The lowest BCUT2D eigenvalue weighted by molar-refractivity contribution is -0.155. The summed E-state index contributed by atoms with van der Waals surface area (Å²) in [7, 11) is 1.71. The van der Waals surface area contributed by atoms with Gasteiger partial charge in [-0.1, -0.05) is 6.92 Å². The normalized spacial score (nSPS) is 18.2. The smallest absolute Gasteiger partial charge is 0.308 e. The molecular formula is C18H32N2O4. The molecule has 1 atom stereocenters. The van der Waals surface area contributed by atoms with E-state index in [4.69, 9.17) is 4.74 Å². The molecule has 1 heterocycles. The van der Waals surface area contributed by atoms with Crippen molar-refractivity contribution < 1.29 is 19.1 Å². The van der Waals surface area contributed by atoms with Crippen LogP contribution in [0.4, 0.5) is 0 Å². The van der Waals surface area contributed by atoms with Gasteiger partial charge in [-0.2, -0.15) is 0 Å². The molecule has 1 aliphatic rings. The molecule has 6 heteroatoms. The van der Waals surface area contributed by atoms with Gasteiger partial charge >= 0.3 is 5.97 Å². The minimum Gasteiger partial charge on any atom is -0.460 e. The van der Waals surface area contributed by atoms with Crippen molar-refractivity contribution in [3.8, 4) is 0 Å². The Morgan fingerprint density at radius 3 is 2.46 bits per heavy atom. The molecule has 0 aromatic rings. The van der Waals surface area contributed by atoms with E-state index < -0.39 is 5.60 Å². The fourth-order valence-electron chi connectivity index (χ4n) is 2.85. The number of carbonyl (C=O) groups is 3. The Balaban J connectivity index is 2.47. The molecule has 24 heavy (non-hydrogen) atoms. The number of rotatable bonds is 6. The van der Waals surface area contributed by atoms with Gasteiger partial charge in [0, 0.05) is 33.1 Å². The van der Waals surface area contributed by atoms with Crippen molar-refractivity contribution >= 4 is 17.8 Å². The molecule has 138 valence electrons. The summed E-state index contributed by atoms with van der Waals surface area (Å²) in [5, 5.41) is 0. The summed E-state index contributed by atoms with van der Waals surface area (Å²) in [5.41, 5.74) is -0.511. The minimum absolute atomic E-state index is 0.00700. The van der Waals surface area contributed by atoms with Gasteiger partial charge in [-0.15, -0.1) is 0 Å². The van der Waals surface area contributed by atoms with Crippen molar-refractivity contribution in [3.63, 3.8) is 0 Å². The summed E-state index contributed by atoms with van der Waals surface area (Å²) < 4.78 is 5.26. The van der Waals surface area contributed by atoms with Gasteiger partial charge in [-0.05, 0) is 40.0 Å². The number of hydrogen-bond acceptors (Lipinski definition) is 4. The highest BCUT2D eigenvalue weighted by Crippen LogP contribution is 2.20. The van der Waals surface area contributed by atoms with Gasteiger partial charge in [0.2, 0.25) is 11.8 Å². The van der Waals surface area contributed by atoms with Crippen LogP contribution in [-0.2, 0) is 19.1 Å². The van der Waals surface area contributed by atoms with Crippen LogP contribution in [0.2, 0.25) is 0 Å². The lowest BCUT2D eigenvalue weighted by Gasteiger charge is -2.34. The van der Waals surface area contributed by atoms with Gasteiger partial charge < -0.3 is 14.5 Å². The number of carbonyl (C=O) groups excluding carboxylic acids is 3. The number of esters is 1. The number of ether oxygens (including phenoxy) is 1. The van der Waals surface area contributed by atoms with Gasteiger partial charge in [0.1, 0.15) is 5.60 Å². The SMILES string of the molecule is CCCC(=O)N1CCC[C@H](C(=O)N(C)CCC(=O)OC(C)(C)C)C1. The first-order chi connectivity index (χ1) is 11.1. The van der Waals surface area contributed by atoms with Gasteiger partial charge in [-0.3, -0.25) is 14.4 Å². The molecule has 0 spiro atoms. The molecule has 1 saturated heterocycles. The Bertz CT molecular complexity index is 456. The summed E-state index contributed by atoms with van der Waals surface area (Å²) >= 11 is 0. The largest absolute Gasteiger partial charge is 0.460 e. The molecule has 0 aliphatic carbocycles. The van der Waals surface area contributed by atoms with Crippen molar-refractivity contribution in [1.29, 1.82) is 0 Å². The highest BCUT2D eigenvalue weighted by Gasteiger charge is 2.30. The standard InChI is InChI=1S/C18H32N2O4/c1-6-8-15(21)20-11-7-9-14(13-20)17(23)19(5)12-10-16(22)24-18(2,3)4/h14H,6-13H2,1-5H3/t14-/m0/s1. The molecule has 0 saturated carbocycles. The second-order valence-electron chi connectivity index (χ2n) is 7.53. The van der Waals surface area contributed by atoms with Crippen LogP contribution in [0.3, 0.4) is 0 Å². The lowest BCUT2D eigenvalue weighted by Crippen LogP contribution is -2.46. The lowest BCUT2D eigenvalue weighted by atomic mass is 9.96. The van der Waals surface area contributed by atoms with Gasteiger partial charge in [0.05, 0.1) is 12.3 Å². The Hall–Kier alpha value is -1.59. The van der Waals surface area contributed by atoms with Crippen LogP contribution in [0.15, 0.2) is 0 Å². The second-order valence-corrected chi connectivity index (χ2v) is 7.53. The molecule has 0 N–H and O–H groups in total. The van der Waals surface area contributed by atoms with E-state index in [0.29, 0.717) is 19.5 Å². The highest BCUT2D eigenvalue weighted by molar-refractivity contribution is 5.81. The average Bonchev–Trinajstić information content (AvgIpc) is 2.50. The van der Waals surface area contributed by atoms with E-state index in [1.807, 2.05) is 27.7 Å². The topological polar surface area (TPSA) is 66.9 Å². The minimum atomic E-state index is -0.511. The quantitative estimate of drug-likeness (QED) is 0.695. The van der Waals surface area contributed by atoms with Crippen LogP contribution in [0.5, 0.6) is 0 Å². The Kier molecular flexibility index (Phi) is 7.70. The molecule has 0 aromatic carbocycles. The first-order valence-corrected chi connectivity index (χ1v) is 8.88. The Morgan fingerprint density at radius 1 is 1.21 bits per heavy atom. The fourth-order valence-corrected chi connectivity index (χ4v) is 2.85. The number of hydrogen-bond donors (Lipinski definition) is 0. The maximum atomic E-state index is 12.6. The summed E-state index contributed by atoms with van der Waals surface area (Å²) in [6.07, 6.45) is 3.20. The predicted octanol–water partition coefficient (Wildman–Crippen LogP) is 2.22. The number of likely N-dealkylation sites (tertiary alicyclic amines) is 1. The zero-order valence-corrected chi connectivity index (χ0v) is 15.8. The van der Waals surface area contributed by atoms with Crippen molar-refractivity contribution in [1.82, 2.24) is 9.80 Å². The molecule has 1 rings (SSSR count). The molecule has 1 fully saturated rings. The number of nitrogens with zero attached hydrogens (tertiary/aromatic N) is 2. The summed E-state index contributed by atoms with van der Waals surface area (Å²) in [5.74, 6) is -0.326. The van der Waals surface area contributed by atoms with Crippen LogP contribution in [0, 0.1) is 5.92 Å². The van der Waals surface area contributed by atoms with Crippen molar-refractivity contribution in [2.45, 2.75) is 65.4 Å². The molecule has 0 bridgehead atoms. The van der Waals surface area contributed by atoms with Crippen LogP contribution in [0.25, 0.3) is 0 Å². The third kappa shape index (κ3) is 6.89. The van der Waals surface area contributed by atoms with Crippen LogP contribution in [-0.4, -0.2) is 59.9 Å². The zero-order valence-electron chi connectivity index (χ0n) is 15.8. The maximum absolute atomic E-state index is 12.6. The monoisotopic (exact) mass is 340 g/mol. The van der Waals surface area contributed by atoms with Gasteiger partial charge in [-0.25, -0.2) is 0 Å². The second kappa shape index (κ2) is 9.04. The van der Waals surface area contributed by atoms with Gasteiger partial charge in [0.15, 0.2) is 0 Å². The number of piperidine rings is 1. The third-order valence-electron chi connectivity index (χ3n) is 4.03.